The molecule has 0 saturated heterocycles. The molecule has 0 aromatic heterocycles. The van der Waals surface area contributed by atoms with Gasteiger partial charge in [-0.1, -0.05) is 6.58 Å². The van der Waals surface area contributed by atoms with Crippen LogP contribution in [0.2, 0.25) is 0 Å². The maximum Gasteiger partial charge on any atom is 0.102 e. The van der Waals surface area contributed by atoms with Crippen LogP contribution in [0.15, 0.2) is 12.7 Å². The van der Waals surface area contributed by atoms with Crippen LogP contribution in [0.3, 0.4) is 0 Å². The van der Waals surface area contributed by atoms with Crippen LogP contribution >= 0.6 is 0 Å². The van der Waals surface area contributed by atoms with Gasteiger partial charge in [0, 0.05) is 0 Å². The Morgan fingerprint density at radius 1 is 1.50 bits per heavy atom. The number of nitrogens with zero attached hydrogens (tertiary/aromatic N) is 1. The molecule has 0 aromatic carbocycles. The summed E-state index contributed by atoms with van der Waals surface area (Å²) in [7, 11) is 4.13. The van der Waals surface area contributed by atoms with Crippen molar-refractivity contribution in [2.75, 3.05) is 33.8 Å². The SMILES string of the molecule is C=CC[N+](C)(C)CCO.[Cl-]. The van der Waals surface area contributed by atoms with Gasteiger partial charge in [0.1, 0.15) is 6.54 Å². The van der Waals surface area contributed by atoms with E-state index in [9.17, 15) is 0 Å². The van der Waals surface area contributed by atoms with Crippen molar-refractivity contribution in [3.05, 3.63) is 12.7 Å². The number of aliphatic hydroxyl groups excluding tert-OH is 1. The number of hydrogen-bond acceptors (Lipinski definition) is 1. The maximum absolute atomic E-state index is 8.58. The summed E-state index contributed by atoms with van der Waals surface area (Å²) in [5.74, 6) is 0. The van der Waals surface area contributed by atoms with Gasteiger partial charge in [-0.25, -0.2) is 0 Å². The van der Waals surface area contributed by atoms with Gasteiger partial charge in [-0.15, -0.1) is 0 Å². The van der Waals surface area contributed by atoms with Crippen molar-refractivity contribution in [3.63, 3.8) is 0 Å². The Morgan fingerprint density at radius 2 is 2.00 bits per heavy atom. The van der Waals surface area contributed by atoms with Crippen LogP contribution in [0, 0.1) is 0 Å². The van der Waals surface area contributed by atoms with Crippen LogP contribution < -0.4 is 12.4 Å². The lowest BCUT2D eigenvalue weighted by Gasteiger charge is -2.26. The zero-order valence-electron chi connectivity index (χ0n) is 6.68. The van der Waals surface area contributed by atoms with Gasteiger partial charge >= 0.3 is 0 Å². The average Bonchev–Trinajstić information content (AvgIpc) is 1.64. The standard InChI is InChI=1S/C7H16NO.ClH/c1-4-5-8(2,3)6-7-9;/h4,9H,1,5-7H2,2-3H3;1H/q+1;/p-1. The molecule has 0 aliphatic rings. The lowest BCUT2D eigenvalue weighted by molar-refractivity contribution is -0.884. The summed E-state index contributed by atoms with van der Waals surface area (Å²) >= 11 is 0. The predicted molar refractivity (Wildman–Crippen MR) is 39.1 cm³/mol. The molecule has 0 atom stereocenters. The van der Waals surface area contributed by atoms with Crippen LogP contribution in [0.25, 0.3) is 0 Å². The smallest absolute Gasteiger partial charge is 0.102 e. The molecule has 0 spiro atoms. The third kappa shape index (κ3) is 6.08. The fourth-order valence-corrected chi connectivity index (χ4v) is 0.711. The Morgan fingerprint density at radius 3 is 2.30 bits per heavy atom. The van der Waals surface area contributed by atoms with E-state index < -0.39 is 0 Å². The fraction of sp³-hybridized carbons (Fsp3) is 0.714. The number of quaternary nitrogens is 1. The minimum absolute atomic E-state index is 0. The highest BCUT2D eigenvalue weighted by atomic mass is 35.5. The number of rotatable bonds is 4. The third-order valence-electron chi connectivity index (χ3n) is 1.33. The summed E-state index contributed by atoms with van der Waals surface area (Å²) in [6.45, 7) is 5.60. The third-order valence-corrected chi connectivity index (χ3v) is 1.33. The van der Waals surface area contributed by atoms with Gasteiger partial charge in [0.25, 0.3) is 0 Å². The van der Waals surface area contributed by atoms with Crippen molar-refractivity contribution in [1.29, 1.82) is 0 Å². The van der Waals surface area contributed by atoms with Crippen molar-refractivity contribution in [2.24, 2.45) is 0 Å². The van der Waals surface area contributed by atoms with Crippen molar-refractivity contribution < 1.29 is 22.0 Å². The monoisotopic (exact) mass is 165 g/mol. The summed E-state index contributed by atoms with van der Waals surface area (Å²) in [6, 6.07) is 0. The summed E-state index contributed by atoms with van der Waals surface area (Å²) in [5.41, 5.74) is 0. The van der Waals surface area contributed by atoms with Crippen LogP contribution in [0.1, 0.15) is 0 Å². The Bertz CT molecular complexity index is 93.6. The Balaban J connectivity index is 0. The molecule has 0 unspecified atom stereocenters. The lowest BCUT2D eigenvalue weighted by atomic mass is 10.4. The molecule has 0 heterocycles. The fourth-order valence-electron chi connectivity index (χ4n) is 0.711. The molecule has 0 rings (SSSR count). The molecule has 3 heteroatoms. The summed E-state index contributed by atoms with van der Waals surface area (Å²) in [5, 5.41) is 8.58. The minimum atomic E-state index is 0. The second-order valence-electron chi connectivity index (χ2n) is 2.85. The molecule has 0 saturated carbocycles. The lowest BCUT2D eigenvalue weighted by Crippen LogP contribution is -3.00. The molecule has 0 aromatic rings. The van der Waals surface area contributed by atoms with E-state index in [2.05, 4.69) is 20.7 Å². The first-order valence-corrected chi connectivity index (χ1v) is 3.16. The summed E-state index contributed by atoms with van der Waals surface area (Å²) in [4.78, 5) is 0. The van der Waals surface area contributed by atoms with E-state index in [-0.39, 0.29) is 19.0 Å². The van der Waals surface area contributed by atoms with Gasteiger partial charge in [0.15, 0.2) is 0 Å². The Kier molecular flexibility index (Phi) is 7.21. The molecule has 0 bridgehead atoms. The number of likely N-dealkylation sites (N-methyl/N-ethyl adjacent to an activating group) is 1. The van der Waals surface area contributed by atoms with Gasteiger partial charge in [0.2, 0.25) is 0 Å². The van der Waals surface area contributed by atoms with E-state index >= 15 is 0 Å². The van der Waals surface area contributed by atoms with Crippen molar-refractivity contribution in [2.45, 2.75) is 0 Å². The average molecular weight is 166 g/mol. The first kappa shape index (κ1) is 12.6. The van der Waals surface area contributed by atoms with E-state index in [0.29, 0.717) is 0 Å². The minimum Gasteiger partial charge on any atom is -1.00 e. The van der Waals surface area contributed by atoms with Crippen LogP contribution in [-0.4, -0.2) is 43.4 Å². The quantitative estimate of drug-likeness (QED) is 0.354. The molecule has 10 heavy (non-hydrogen) atoms. The zero-order chi connectivity index (χ0) is 7.33. The molecule has 0 fully saturated rings. The molecule has 1 N–H and O–H groups in total. The summed E-state index contributed by atoms with van der Waals surface area (Å²) < 4.78 is 0.819. The summed E-state index contributed by atoms with van der Waals surface area (Å²) in [6.07, 6.45) is 1.87. The van der Waals surface area contributed by atoms with E-state index in [1.165, 1.54) is 0 Å². The van der Waals surface area contributed by atoms with Crippen molar-refractivity contribution in [1.82, 2.24) is 0 Å². The molecule has 0 amide bonds. The number of aliphatic hydroxyl groups is 1. The van der Waals surface area contributed by atoms with Gasteiger partial charge < -0.3 is 22.0 Å². The first-order valence-electron chi connectivity index (χ1n) is 3.16. The first-order chi connectivity index (χ1) is 4.12. The van der Waals surface area contributed by atoms with E-state index in [1.807, 2.05) is 6.08 Å². The normalized spacial score (nSPS) is 10.3. The zero-order valence-corrected chi connectivity index (χ0v) is 7.43. The van der Waals surface area contributed by atoms with Crippen molar-refractivity contribution in [3.8, 4) is 0 Å². The molecule has 0 aliphatic heterocycles. The largest absolute Gasteiger partial charge is 1.00 e. The highest BCUT2D eigenvalue weighted by Gasteiger charge is 2.09. The maximum atomic E-state index is 8.58. The second-order valence-corrected chi connectivity index (χ2v) is 2.85. The van der Waals surface area contributed by atoms with Crippen LogP contribution in [0.4, 0.5) is 0 Å². The molecule has 0 radical (unpaired) electrons. The second kappa shape index (κ2) is 5.71. The molecular formula is C7H16ClNO. The Hall–Kier alpha value is -0.0500. The molecular weight excluding hydrogens is 150 g/mol. The van der Waals surface area contributed by atoms with Crippen molar-refractivity contribution >= 4 is 0 Å². The highest BCUT2D eigenvalue weighted by molar-refractivity contribution is 4.64. The van der Waals surface area contributed by atoms with Gasteiger partial charge in [-0.05, 0) is 6.08 Å². The Labute approximate surface area is 69.2 Å². The van der Waals surface area contributed by atoms with E-state index in [4.69, 9.17) is 5.11 Å². The van der Waals surface area contributed by atoms with Crippen LogP contribution in [0.5, 0.6) is 0 Å². The topological polar surface area (TPSA) is 20.2 Å². The van der Waals surface area contributed by atoms with Gasteiger partial charge in [-0.3, -0.25) is 0 Å². The number of halogens is 1. The number of hydrogen-bond donors (Lipinski definition) is 1. The van der Waals surface area contributed by atoms with Crippen LogP contribution in [-0.2, 0) is 0 Å². The van der Waals surface area contributed by atoms with E-state index in [1.54, 1.807) is 0 Å². The van der Waals surface area contributed by atoms with Gasteiger partial charge in [-0.2, -0.15) is 0 Å². The van der Waals surface area contributed by atoms with Gasteiger partial charge in [0.05, 0.1) is 27.2 Å². The molecule has 2 nitrogen and oxygen atoms in total. The molecule has 0 aliphatic carbocycles. The molecule has 62 valence electrons. The highest BCUT2D eigenvalue weighted by Crippen LogP contribution is 1.93. The van der Waals surface area contributed by atoms with E-state index in [0.717, 1.165) is 17.6 Å². The predicted octanol–water partition coefficient (Wildman–Crippen LogP) is -2.75.